The first-order chi connectivity index (χ1) is 9.03. The van der Waals surface area contributed by atoms with Gasteiger partial charge >= 0.3 is 9.28 Å². The van der Waals surface area contributed by atoms with Crippen LogP contribution in [0.2, 0.25) is 6.04 Å². The molecule has 0 saturated heterocycles. The van der Waals surface area contributed by atoms with Crippen molar-refractivity contribution in [2.45, 2.75) is 43.1 Å². The van der Waals surface area contributed by atoms with Gasteiger partial charge in [-0.05, 0) is 30.5 Å². The molecule has 0 bridgehead atoms. The fourth-order valence-corrected chi connectivity index (χ4v) is 3.30. The van der Waals surface area contributed by atoms with Crippen LogP contribution in [0.3, 0.4) is 0 Å². The highest BCUT2D eigenvalue weighted by molar-refractivity contribution is 9.24. The monoisotopic (exact) mass is 407 g/mol. The SMILES string of the molecule is CCO[Si](CC)OCc1cccc(C(Br)(Br)CC)c1. The van der Waals surface area contributed by atoms with E-state index in [0.29, 0.717) is 6.61 Å². The van der Waals surface area contributed by atoms with E-state index >= 15 is 0 Å². The van der Waals surface area contributed by atoms with Gasteiger partial charge in [-0.3, -0.25) is 0 Å². The first-order valence-corrected chi connectivity index (χ1v) is 9.73. The number of hydrogen-bond acceptors (Lipinski definition) is 2. The standard InChI is InChI=1S/C14H21Br2O2Si/c1-4-14(15,16)13-9-7-8-12(10-13)11-18-19(6-3)17-5-2/h7-10H,4-6,11H2,1-3H3. The van der Waals surface area contributed by atoms with E-state index in [4.69, 9.17) is 8.85 Å². The summed E-state index contributed by atoms with van der Waals surface area (Å²) in [7, 11) is -1.11. The highest BCUT2D eigenvalue weighted by Crippen LogP contribution is 2.41. The van der Waals surface area contributed by atoms with E-state index in [1.807, 2.05) is 6.92 Å². The molecule has 1 aromatic carbocycles. The number of alkyl halides is 2. The van der Waals surface area contributed by atoms with Gasteiger partial charge in [0.25, 0.3) is 0 Å². The second-order valence-corrected chi connectivity index (χ2v) is 10.0. The average Bonchev–Trinajstić information content (AvgIpc) is 2.43. The van der Waals surface area contributed by atoms with Crippen molar-refractivity contribution in [2.75, 3.05) is 6.61 Å². The number of benzene rings is 1. The maximum absolute atomic E-state index is 5.87. The summed E-state index contributed by atoms with van der Waals surface area (Å²) in [6, 6.07) is 9.42. The molecule has 1 aromatic rings. The maximum Gasteiger partial charge on any atom is 0.384 e. The molecule has 0 amide bonds. The Morgan fingerprint density at radius 2 is 1.89 bits per heavy atom. The van der Waals surface area contributed by atoms with Gasteiger partial charge in [0.2, 0.25) is 0 Å². The lowest BCUT2D eigenvalue weighted by Gasteiger charge is -2.20. The minimum absolute atomic E-state index is 0.144. The predicted molar refractivity (Wildman–Crippen MR) is 88.9 cm³/mol. The fourth-order valence-electron chi connectivity index (χ4n) is 1.66. The molecule has 0 fully saturated rings. The molecule has 0 saturated carbocycles. The van der Waals surface area contributed by atoms with Crippen LogP contribution in [0.15, 0.2) is 24.3 Å². The van der Waals surface area contributed by atoms with Gasteiger partial charge in [-0.15, -0.1) is 0 Å². The molecule has 1 rings (SSSR count). The largest absolute Gasteiger partial charge is 0.394 e. The maximum atomic E-state index is 5.87. The van der Waals surface area contributed by atoms with Crippen LogP contribution in [0.25, 0.3) is 0 Å². The summed E-state index contributed by atoms with van der Waals surface area (Å²) in [5.74, 6) is 0. The minimum atomic E-state index is -1.11. The van der Waals surface area contributed by atoms with Gasteiger partial charge in [0.1, 0.15) is 3.23 Å². The second kappa shape index (κ2) is 8.57. The summed E-state index contributed by atoms with van der Waals surface area (Å²) in [6.45, 7) is 7.61. The Bertz CT molecular complexity index is 385. The molecule has 0 spiro atoms. The summed E-state index contributed by atoms with van der Waals surface area (Å²) in [5, 5.41) is 0. The van der Waals surface area contributed by atoms with Crippen LogP contribution in [0.5, 0.6) is 0 Å². The van der Waals surface area contributed by atoms with E-state index in [-0.39, 0.29) is 3.23 Å². The number of rotatable bonds is 8. The Hall–Kier alpha value is 0.317. The normalized spacial score (nSPS) is 12.1. The molecule has 1 radical (unpaired) electrons. The van der Waals surface area contributed by atoms with Gasteiger partial charge in [-0.2, -0.15) is 0 Å². The molecule has 0 heterocycles. The van der Waals surface area contributed by atoms with Gasteiger partial charge in [0, 0.05) is 6.61 Å². The molecule has 0 unspecified atom stereocenters. The van der Waals surface area contributed by atoms with Gasteiger partial charge in [0.05, 0.1) is 6.61 Å². The predicted octanol–water partition coefficient (Wildman–Crippen LogP) is 5.10. The molecule has 0 aromatic heterocycles. The van der Waals surface area contributed by atoms with Crippen molar-refractivity contribution in [1.29, 1.82) is 0 Å². The highest BCUT2D eigenvalue weighted by Gasteiger charge is 2.23. The molecule has 0 aliphatic heterocycles. The lowest BCUT2D eigenvalue weighted by Crippen LogP contribution is -2.21. The minimum Gasteiger partial charge on any atom is -0.394 e. The third-order valence-electron chi connectivity index (χ3n) is 2.79. The van der Waals surface area contributed by atoms with Gasteiger partial charge in [0.15, 0.2) is 0 Å². The lowest BCUT2D eigenvalue weighted by atomic mass is 10.1. The molecule has 107 valence electrons. The smallest absolute Gasteiger partial charge is 0.384 e. The first-order valence-electron chi connectivity index (χ1n) is 6.62. The van der Waals surface area contributed by atoms with E-state index in [9.17, 15) is 0 Å². The molecule has 0 aliphatic carbocycles. The zero-order chi connectivity index (χ0) is 14.3. The van der Waals surface area contributed by atoms with Gasteiger partial charge in [-0.1, -0.05) is 70.0 Å². The van der Waals surface area contributed by atoms with Crippen LogP contribution < -0.4 is 0 Å². The first kappa shape index (κ1) is 17.4. The van der Waals surface area contributed by atoms with E-state index in [0.717, 1.165) is 19.1 Å². The zero-order valence-electron chi connectivity index (χ0n) is 11.7. The van der Waals surface area contributed by atoms with E-state index < -0.39 is 9.28 Å². The van der Waals surface area contributed by atoms with Crippen LogP contribution in [0.1, 0.15) is 38.3 Å². The third-order valence-corrected chi connectivity index (χ3v) is 6.48. The highest BCUT2D eigenvalue weighted by atomic mass is 79.9. The van der Waals surface area contributed by atoms with Crippen molar-refractivity contribution in [3.8, 4) is 0 Å². The van der Waals surface area contributed by atoms with Crippen LogP contribution >= 0.6 is 31.9 Å². The van der Waals surface area contributed by atoms with Crippen molar-refractivity contribution < 1.29 is 8.85 Å². The van der Waals surface area contributed by atoms with Crippen LogP contribution in [-0.2, 0) is 18.7 Å². The Balaban J connectivity index is 2.67. The van der Waals surface area contributed by atoms with Crippen molar-refractivity contribution >= 4 is 41.1 Å². The molecule has 5 heteroatoms. The molecule has 0 atom stereocenters. The van der Waals surface area contributed by atoms with Gasteiger partial charge < -0.3 is 8.85 Å². The van der Waals surface area contributed by atoms with Crippen molar-refractivity contribution in [3.05, 3.63) is 35.4 Å². The molecule has 2 nitrogen and oxygen atoms in total. The van der Waals surface area contributed by atoms with E-state index in [1.54, 1.807) is 0 Å². The Morgan fingerprint density at radius 3 is 2.47 bits per heavy atom. The van der Waals surface area contributed by atoms with Crippen LogP contribution in [0, 0.1) is 0 Å². The van der Waals surface area contributed by atoms with E-state index in [2.05, 4.69) is 70.0 Å². The number of hydrogen-bond donors (Lipinski definition) is 0. The summed E-state index contributed by atoms with van der Waals surface area (Å²) < 4.78 is 11.3. The summed E-state index contributed by atoms with van der Waals surface area (Å²) in [4.78, 5) is 0. The zero-order valence-corrected chi connectivity index (χ0v) is 15.9. The van der Waals surface area contributed by atoms with Crippen molar-refractivity contribution in [3.63, 3.8) is 0 Å². The van der Waals surface area contributed by atoms with Crippen LogP contribution in [-0.4, -0.2) is 15.9 Å². The molecule has 0 N–H and O–H groups in total. The fraction of sp³-hybridized carbons (Fsp3) is 0.571. The molecule has 0 aliphatic rings. The molecule has 19 heavy (non-hydrogen) atoms. The summed E-state index contributed by atoms with van der Waals surface area (Å²) >= 11 is 7.40. The topological polar surface area (TPSA) is 18.5 Å². The summed E-state index contributed by atoms with van der Waals surface area (Å²) in [6.07, 6.45) is 0.972. The van der Waals surface area contributed by atoms with Gasteiger partial charge in [-0.25, -0.2) is 0 Å². The Labute approximate surface area is 135 Å². The average molecular weight is 409 g/mol. The second-order valence-electron chi connectivity index (χ2n) is 4.21. The third kappa shape index (κ3) is 5.67. The number of halogens is 2. The van der Waals surface area contributed by atoms with E-state index in [1.165, 1.54) is 11.1 Å². The Morgan fingerprint density at radius 1 is 1.16 bits per heavy atom. The molecular formula is C14H21Br2O2Si. The van der Waals surface area contributed by atoms with Crippen molar-refractivity contribution in [2.24, 2.45) is 0 Å². The molecular weight excluding hydrogens is 388 g/mol. The van der Waals surface area contributed by atoms with Crippen LogP contribution in [0.4, 0.5) is 0 Å². The quantitative estimate of drug-likeness (QED) is 0.440. The summed E-state index contributed by atoms with van der Waals surface area (Å²) in [5.41, 5.74) is 2.41. The Kier molecular flexibility index (Phi) is 7.83. The van der Waals surface area contributed by atoms with Crippen molar-refractivity contribution in [1.82, 2.24) is 0 Å². The lowest BCUT2D eigenvalue weighted by molar-refractivity contribution is 0.197.